The van der Waals surface area contributed by atoms with Gasteiger partial charge in [0.05, 0.1) is 32.7 Å². The van der Waals surface area contributed by atoms with Crippen LogP contribution in [0.5, 0.6) is 0 Å². The van der Waals surface area contributed by atoms with Crippen molar-refractivity contribution in [1.82, 2.24) is 25.3 Å². The summed E-state index contributed by atoms with van der Waals surface area (Å²) in [4.78, 5) is 60.3. The number of carbonyl (C=O) groups excluding carboxylic acids is 2. The van der Waals surface area contributed by atoms with E-state index in [1.807, 2.05) is 0 Å². The van der Waals surface area contributed by atoms with Gasteiger partial charge < -0.3 is 26.0 Å². The number of carbonyl (C=O) groups is 5. The summed E-state index contributed by atoms with van der Waals surface area (Å²) >= 11 is 0. The van der Waals surface area contributed by atoms with Gasteiger partial charge in [-0.1, -0.05) is 0 Å². The second-order valence-electron chi connectivity index (χ2n) is 6.23. The molecule has 2 amide bonds. The first-order valence-electron chi connectivity index (χ1n) is 8.81. The van der Waals surface area contributed by atoms with Gasteiger partial charge in [0.15, 0.2) is 0 Å². The molecule has 0 rings (SSSR count). The standard InChI is InChI=1S/C16H29N5O8.Ca.Na/c1-17-12(22)7-20(10-15(26)27)5-3-19(9-14(24)25)4-6-21(11-16(28)29)8-13(23)18-2;;/h3-11H2,1-2H3,(H,17,22)(H,18,23)(H,24,25)(H,26,27)(H,28,29);;. The van der Waals surface area contributed by atoms with E-state index in [-0.39, 0.29) is 125 Å². The van der Waals surface area contributed by atoms with Crippen LogP contribution in [0.2, 0.25) is 0 Å². The van der Waals surface area contributed by atoms with Gasteiger partial charge in [0.25, 0.3) is 0 Å². The molecule has 0 spiro atoms. The van der Waals surface area contributed by atoms with Crippen molar-refractivity contribution in [3.05, 3.63) is 0 Å². The quantitative estimate of drug-likeness (QED) is 0.135. The first kappa shape index (κ1) is 35.1. The average Bonchev–Trinajstić information content (AvgIpc) is 2.61. The SMILES string of the molecule is CNC(=O)CN(CCN(CCN(CC(=O)O)CC(=O)NC)CC(=O)O)CC(=O)O.[Ca].[Na]. The van der Waals surface area contributed by atoms with Crippen LogP contribution in [-0.4, -0.2) is 200 Å². The number of amides is 2. The van der Waals surface area contributed by atoms with E-state index in [0.717, 1.165) is 0 Å². The van der Waals surface area contributed by atoms with E-state index in [4.69, 9.17) is 15.3 Å². The van der Waals surface area contributed by atoms with E-state index in [0.29, 0.717) is 0 Å². The van der Waals surface area contributed by atoms with Gasteiger partial charge in [-0.05, 0) is 0 Å². The van der Waals surface area contributed by atoms with E-state index in [1.165, 1.54) is 28.8 Å². The summed E-state index contributed by atoms with van der Waals surface area (Å²) in [6.07, 6.45) is 0. The zero-order valence-electron chi connectivity index (χ0n) is 18.3. The summed E-state index contributed by atoms with van der Waals surface area (Å²) in [6, 6.07) is 0. The van der Waals surface area contributed by atoms with Crippen LogP contribution in [0, 0.1) is 0 Å². The molecular weight excluding hydrogens is 453 g/mol. The monoisotopic (exact) mass is 482 g/mol. The third-order valence-corrected chi connectivity index (χ3v) is 3.83. The zero-order chi connectivity index (χ0) is 22.4. The predicted octanol–water partition coefficient (Wildman–Crippen LogP) is -4.12. The molecule has 5 N–H and O–H groups in total. The summed E-state index contributed by atoms with van der Waals surface area (Å²) < 4.78 is 0. The molecule has 169 valence electrons. The summed E-state index contributed by atoms with van der Waals surface area (Å²) in [6.45, 7) is -0.969. The van der Waals surface area contributed by atoms with Gasteiger partial charge in [-0.2, -0.15) is 0 Å². The minimum Gasteiger partial charge on any atom is -0.480 e. The molecule has 0 aliphatic carbocycles. The van der Waals surface area contributed by atoms with Crippen LogP contribution in [0.15, 0.2) is 0 Å². The normalized spacial score (nSPS) is 10.2. The van der Waals surface area contributed by atoms with Crippen molar-refractivity contribution in [1.29, 1.82) is 0 Å². The maximum absolute atomic E-state index is 11.5. The van der Waals surface area contributed by atoms with Gasteiger partial charge >= 0.3 is 17.9 Å². The second-order valence-corrected chi connectivity index (χ2v) is 6.23. The van der Waals surface area contributed by atoms with E-state index < -0.39 is 31.0 Å². The van der Waals surface area contributed by atoms with Gasteiger partial charge in [-0.3, -0.25) is 38.7 Å². The third-order valence-electron chi connectivity index (χ3n) is 3.83. The molecule has 0 fully saturated rings. The molecule has 13 nitrogen and oxygen atoms in total. The smallest absolute Gasteiger partial charge is 0.317 e. The molecule has 0 aromatic rings. The van der Waals surface area contributed by atoms with Crippen LogP contribution in [0.3, 0.4) is 0 Å². The van der Waals surface area contributed by atoms with E-state index in [2.05, 4.69) is 10.6 Å². The van der Waals surface area contributed by atoms with Crippen LogP contribution < -0.4 is 10.6 Å². The maximum Gasteiger partial charge on any atom is 0.317 e. The Hall–Kier alpha value is -0.510. The fourth-order valence-corrected chi connectivity index (χ4v) is 2.40. The van der Waals surface area contributed by atoms with Gasteiger partial charge in [0, 0.05) is 108 Å². The van der Waals surface area contributed by atoms with Crippen LogP contribution in [0.25, 0.3) is 0 Å². The molecule has 0 aliphatic rings. The Kier molecular flexibility index (Phi) is 22.8. The largest absolute Gasteiger partial charge is 0.480 e. The number of carboxylic acid groups (broad SMARTS) is 3. The van der Waals surface area contributed by atoms with Crippen molar-refractivity contribution in [2.45, 2.75) is 0 Å². The molecule has 0 aromatic heterocycles. The molecule has 0 bridgehead atoms. The van der Waals surface area contributed by atoms with Gasteiger partial charge in [-0.15, -0.1) is 0 Å². The summed E-state index contributed by atoms with van der Waals surface area (Å²) in [5, 5.41) is 31.8. The Morgan fingerprint density at radius 3 is 1.10 bits per heavy atom. The van der Waals surface area contributed by atoms with Crippen molar-refractivity contribution in [2.75, 3.05) is 73.0 Å². The predicted molar refractivity (Wildman–Crippen MR) is 112 cm³/mol. The number of nitrogens with zero attached hydrogens (tertiary/aromatic N) is 3. The Balaban J connectivity index is -0.00000392. The molecule has 0 heterocycles. The summed E-state index contributed by atoms with van der Waals surface area (Å²) in [5.74, 6) is -4.13. The molecule has 0 saturated heterocycles. The third kappa shape index (κ3) is 19.9. The van der Waals surface area contributed by atoms with E-state index in [9.17, 15) is 24.0 Å². The number of carboxylic acids is 3. The minimum atomic E-state index is -1.13. The molecule has 3 radical (unpaired) electrons. The number of nitrogens with one attached hydrogen (secondary N) is 2. The number of rotatable bonds is 16. The van der Waals surface area contributed by atoms with Crippen LogP contribution >= 0.6 is 0 Å². The average molecular weight is 483 g/mol. The van der Waals surface area contributed by atoms with Gasteiger partial charge in [0.2, 0.25) is 11.8 Å². The zero-order valence-corrected chi connectivity index (χ0v) is 22.5. The van der Waals surface area contributed by atoms with E-state index >= 15 is 0 Å². The minimum absolute atomic E-state index is 0. The first-order chi connectivity index (χ1) is 13.6. The van der Waals surface area contributed by atoms with Crippen molar-refractivity contribution in [2.24, 2.45) is 0 Å². The molecule has 15 heteroatoms. The topological polar surface area (TPSA) is 180 Å². The Morgan fingerprint density at radius 1 is 0.581 bits per heavy atom. The molecule has 0 atom stereocenters. The van der Waals surface area contributed by atoms with Gasteiger partial charge in [0.1, 0.15) is 0 Å². The summed E-state index contributed by atoms with van der Waals surface area (Å²) in [5.41, 5.74) is 0. The molecular formula is C16H29CaN5NaO8. The molecule has 0 aromatic carbocycles. The molecule has 0 aliphatic heterocycles. The van der Waals surface area contributed by atoms with E-state index in [1.54, 1.807) is 0 Å². The Morgan fingerprint density at radius 2 is 0.839 bits per heavy atom. The number of aliphatic carboxylic acids is 3. The van der Waals surface area contributed by atoms with Crippen molar-refractivity contribution in [3.63, 3.8) is 0 Å². The van der Waals surface area contributed by atoms with Crippen LogP contribution in [0.1, 0.15) is 0 Å². The maximum atomic E-state index is 11.5. The van der Waals surface area contributed by atoms with Gasteiger partial charge in [-0.25, -0.2) is 0 Å². The van der Waals surface area contributed by atoms with Crippen LogP contribution in [0.4, 0.5) is 0 Å². The number of hydrogen-bond acceptors (Lipinski definition) is 8. The Labute approximate surface area is 232 Å². The fraction of sp³-hybridized carbons (Fsp3) is 0.688. The summed E-state index contributed by atoms with van der Waals surface area (Å²) in [7, 11) is 2.84. The van der Waals surface area contributed by atoms with Crippen molar-refractivity contribution >= 4 is 97.0 Å². The fourth-order valence-electron chi connectivity index (χ4n) is 2.40. The molecule has 0 saturated carbocycles. The van der Waals surface area contributed by atoms with Crippen molar-refractivity contribution < 1.29 is 39.3 Å². The molecule has 0 unspecified atom stereocenters. The number of hydrogen-bond donors (Lipinski definition) is 5. The number of likely N-dealkylation sites (N-methyl/N-ethyl adjacent to an activating group) is 2. The Bertz CT molecular complexity index is 556. The van der Waals surface area contributed by atoms with Crippen LogP contribution in [-0.2, 0) is 24.0 Å². The first-order valence-corrected chi connectivity index (χ1v) is 8.81. The van der Waals surface area contributed by atoms with Crippen molar-refractivity contribution in [3.8, 4) is 0 Å². The molecule has 31 heavy (non-hydrogen) atoms. The second kappa shape index (κ2) is 20.1.